The van der Waals surface area contributed by atoms with Crippen LogP contribution >= 0.6 is 0 Å². The molecule has 2 aromatic carbocycles. The predicted molar refractivity (Wildman–Crippen MR) is 134 cm³/mol. The Morgan fingerprint density at radius 3 is 2.63 bits per heavy atom. The number of aromatic amines is 1. The van der Waals surface area contributed by atoms with E-state index < -0.39 is 10.0 Å². The van der Waals surface area contributed by atoms with E-state index in [0.717, 1.165) is 33.7 Å². The second-order valence-corrected chi connectivity index (χ2v) is 10.4. The lowest BCUT2D eigenvalue weighted by atomic mass is 10.1. The zero-order chi connectivity index (χ0) is 24.6. The average molecular weight is 488 g/mol. The van der Waals surface area contributed by atoms with Crippen LogP contribution in [0.5, 0.6) is 0 Å². The Balaban J connectivity index is 1.52. The van der Waals surface area contributed by atoms with E-state index in [-0.39, 0.29) is 4.90 Å². The van der Waals surface area contributed by atoms with Crippen LogP contribution < -0.4 is 0 Å². The van der Waals surface area contributed by atoms with E-state index in [2.05, 4.69) is 16.0 Å². The minimum atomic E-state index is -3.61. The number of nitriles is 1. The number of ether oxygens (including phenoxy) is 1. The number of morpholine rings is 1. The first-order valence-electron chi connectivity index (χ1n) is 11.3. The van der Waals surface area contributed by atoms with Crippen LogP contribution in [0.3, 0.4) is 0 Å². The molecule has 0 atom stereocenters. The molecular formula is C26H25N5O3S. The summed E-state index contributed by atoms with van der Waals surface area (Å²) in [7, 11) is -3.61. The maximum absolute atomic E-state index is 13.2. The van der Waals surface area contributed by atoms with Crippen molar-refractivity contribution in [1.29, 1.82) is 5.26 Å². The van der Waals surface area contributed by atoms with E-state index >= 15 is 0 Å². The number of H-pyrrole nitrogens is 1. The number of imidazole rings is 1. The summed E-state index contributed by atoms with van der Waals surface area (Å²) in [5, 5.41) is 9.83. The zero-order valence-electron chi connectivity index (χ0n) is 19.5. The van der Waals surface area contributed by atoms with Crippen LogP contribution in [0, 0.1) is 25.2 Å². The molecular weight excluding hydrogens is 462 g/mol. The predicted octanol–water partition coefficient (Wildman–Crippen LogP) is 4.06. The monoisotopic (exact) mass is 487 g/mol. The van der Waals surface area contributed by atoms with Crippen molar-refractivity contribution in [2.75, 3.05) is 26.3 Å². The van der Waals surface area contributed by atoms with Crippen molar-refractivity contribution in [2.45, 2.75) is 18.7 Å². The third-order valence-corrected chi connectivity index (χ3v) is 8.11. The maximum Gasteiger partial charge on any atom is 0.243 e. The minimum absolute atomic E-state index is 0.251. The summed E-state index contributed by atoms with van der Waals surface area (Å²) >= 11 is 0. The van der Waals surface area contributed by atoms with Gasteiger partial charge in [0.05, 0.1) is 34.7 Å². The number of rotatable bonds is 5. The second kappa shape index (κ2) is 9.15. The van der Waals surface area contributed by atoms with Crippen molar-refractivity contribution in [3.05, 3.63) is 77.4 Å². The first-order valence-corrected chi connectivity index (χ1v) is 12.8. The van der Waals surface area contributed by atoms with Gasteiger partial charge >= 0.3 is 0 Å². The molecule has 0 unspecified atom stereocenters. The van der Waals surface area contributed by atoms with Gasteiger partial charge in [0.15, 0.2) is 0 Å². The van der Waals surface area contributed by atoms with E-state index in [9.17, 15) is 13.7 Å². The van der Waals surface area contributed by atoms with Gasteiger partial charge in [-0.2, -0.15) is 9.57 Å². The topological polar surface area (TPSA) is 104 Å². The fraction of sp³-hybridized carbons (Fsp3) is 0.231. The summed E-state index contributed by atoms with van der Waals surface area (Å²) in [6, 6.07) is 18.8. The lowest BCUT2D eigenvalue weighted by Crippen LogP contribution is -2.40. The molecule has 4 aromatic rings. The van der Waals surface area contributed by atoms with Crippen LogP contribution in [0.1, 0.15) is 22.8 Å². The lowest BCUT2D eigenvalue weighted by Gasteiger charge is -2.26. The summed E-state index contributed by atoms with van der Waals surface area (Å²) < 4.78 is 35.1. The van der Waals surface area contributed by atoms with Crippen molar-refractivity contribution in [2.24, 2.45) is 0 Å². The van der Waals surface area contributed by atoms with Gasteiger partial charge in [-0.05, 0) is 61.9 Å². The zero-order valence-corrected chi connectivity index (χ0v) is 20.3. The summed E-state index contributed by atoms with van der Waals surface area (Å²) in [6.45, 7) is 5.41. The SMILES string of the molecule is Cc1cc(/C=C(\C#N)c2nc3ccccc3[nH]2)c(C)n1-c1cccc(S(=O)(=O)N2CCOCC2)c1. The minimum Gasteiger partial charge on any atom is -0.379 e. The molecule has 1 fully saturated rings. The standard InChI is InChI=1S/C26H25N5O3S/c1-18-14-20(15-21(17-27)26-28-24-8-3-4-9-25(24)29-26)19(2)31(18)22-6-5-7-23(16-22)35(32,33)30-10-12-34-13-11-30/h3-9,14-16H,10-13H2,1-2H3,(H,28,29)/b21-15+. The number of para-hydroxylation sites is 2. The van der Waals surface area contributed by atoms with Crippen LogP contribution in [0.4, 0.5) is 0 Å². The molecule has 178 valence electrons. The van der Waals surface area contributed by atoms with E-state index in [0.29, 0.717) is 37.7 Å². The van der Waals surface area contributed by atoms with Crippen molar-refractivity contribution in [1.82, 2.24) is 18.8 Å². The van der Waals surface area contributed by atoms with Crippen molar-refractivity contribution < 1.29 is 13.2 Å². The Morgan fingerprint density at radius 2 is 1.89 bits per heavy atom. The summed E-state index contributed by atoms with van der Waals surface area (Å²) in [6.07, 6.45) is 1.81. The molecule has 0 saturated carbocycles. The molecule has 1 aliphatic rings. The Hall–Kier alpha value is -3.71. The quantitative estimate of drug-likeness (QED) is 0.428. The number of aryl methyl sites for hydroxylation is 1. The van der Waals surface area contributed by atoms with Gasteiger partial charge in [0, 0.05) is 30.2 Å². The van der Waals surface area contributed by atoms with E-state index in [1.54, 1.807) is 18.2 Å². The van der Waals surface area contributed by atoms with Crippen LogP contribution in [-0.2, 0) is 14.8 Å². The maximum atomic E-state index is 13.2. The third-order valence-electron chi connectivity index (χ3n) is 6.22. The van der Waals surface area contributed by atoms with Gasteiger partial charge in [-0.15, -0.1) is 0 Å². The average Bonchev–Trinajstić information content (AvgIpc) is 3.43. The Bertz CT molecular complexity index is 1550. The smallest absolute Gasteiger partial charge is 0.243 e. The van der Waals surface area contributed by atoms with E-state index in [4.69, 9.17) is 4.74 Å². The van der Waals surface area contributed by atoms with Gasteiger partial charge in [0.25, 0.3) is 0 Å². The fourth-order valence-corrected chi connectivity index (χ4v) is 5.89. The lowest BCUT2D eigenvalue weighted by molar-refractivity contribution is 0.0730. The molecule has 9 heteroatoms. The van der Waals surface area contributed by atoms with Gasteiger partial charge in [0.2, 0.25) is 10.0 Å². The first kappa shape index (κ1) is 23.1. The molecule has 0 aliphatic carbocycles. The highest BCUT2D eigenvalue weighted by molar-refractivity contribution is 7.89. The molecule has 0 amide bonds. The van der Waals surface area contributed by atoms with Gasteiger partial charge in [-0.3, -0.25) is 0 Å². The van der Waals surface area contributed by atoms with Gasteiger partial charge in [-0.1, -0.05) is 18.2 Å². The second-order valence-electron chi connectivity index (χ2n) is 8.45. The number of allylic oxidation sites excluding steroid dienone is 1. The molecule has 8 nitrogen and oxygen atoms in total. The molecule has 1 N–H and O–H groups in total. The van der Waals surface area contributed by atoms with Crippen LogP contribution in [0.2, 0.25) is 0 Å². The fourth-order valence-electron chi connectivity index (χ4n) is 4.44. The molecule has 2 aromatic heterocycles. The molecule has 1 saturated heterocycles. The number of hydrogen-bond acceptors (Lipinski definition) is 5. The van der Waals surface area contributed by atoms with E-state index in [1.165, 1.54) is 4.31 Å². The normalized spacial score (nSPS) is 15.4. The van der Waals surface area contributed by atoms with Crippen LogP contribution in [-0.4, -0.2) is 53.6 Å². The van der Waals surface area contributed by atoms with Crippen molar-refractivity contribution >= 4 is 32.7 Å². The van der Waals surface area contributed by atoms with Crippen LogP contribution in [0.25, 0.3) is 28.4 Å². The largest absolute Gasteiger partial charge is 0.379 e. The van der Waals surface area contributed by atoms with Crippen molar-refractivity contribution in [3.8, 4) is 11.8 Å². The number of aromatic nitrogens is 3. The molecule has 0 radical (unpaired) electrons. The molecule has 0 spiro atoms. The van der Waals surface area contributed by atoms with Gasteiger partial charge in [-0.25, -0.2) is 13.4 Å². The highest BCUT2D eigenvalue weighted by Crippen LogP contribution is 2.27. The first-order chi connectivity index (χ1) is 16.9. The molecule has 3 heterocycles. The van der Waals surface area contributed by atoms with E-state index in [1.807, 2.05) is 60.9 Å². The summed E-state index contributed by atoms with van der Waals surface area (Å²) in [4.78, 5) is 8.00. The van der Waals surface area contributed by atoms with Crippen molar-refractivity contribution in [3.63, 3.8) is 0 Å². The number of hydrogen-bond donors (Lipinski definition) is 1. The van der Waals surface area contributed by atoms with Gasteiger partial charge < -0.3 is 14.3 Å². The summed E-state index contributed by atoms with van der Waals surface area (Å²) in [5.41, 5.74) is 5.52. The number of fused-ring (bicyclic) bond motifs is 1. The summed E-state index contributed by atoms with van der Waals surface area (Å²) in [5.74, 6) is 0.511. The molecule has 1 aliphatic heterocycles. The molecule has 0 bridgehead atoms. The number of sulfonamides is 1. The number of nitrogens with zero attached hydrogens (tertiary/aromatic N) is 4. The Labute approximate surface area is 204 Å². The highest BCUT2D eigenvalue weighted by Gasteiger charge is 2.26. The highest BCUT2D eigenvalue weighted by atomic mass is 32.2. The third kappa shape index (κ3) is 4.28. The Morgan fingerprint density at radius 1 is 1.11 bits per heavy atom. The Kier molecular flexibility index (Phi) is 6.03. The van der Waals surface area contributed by atoms with Gasteiger partial charge in [0.1, 0.15) is 11.9 Å². The molecule has 5 rings (SSSR count). The van der Waals surface area contributed by atoms with Crippen LogP contribution in [0.15, 0.2) is 59.5 Å². The number of nitrogens with one attached hydrogen (secondary N) is 1. The molecule has 35 heavy (non-hydrogen) atoms. The number of benzene rings is 2.